The van der Waals surface area contributed by atoms with E-state index in [4.69, 9.17) is 0 Å². The zero-order valence-corrected chi connectivity index (χ0v) is 14.7. The molecule has 0 fully saturated rings. The van der Waals surface area contributed by atoms with Gasteiger partial charge in [-0.15, -0.1) is 0 Å². The Morgan fingerprint density at radius 2 is 1.84 bits per heavy atom. The summed E-state index contributed by atoms with van der Waals surface area (Å²) in [5.74, 6) is -0.186. The number of pyridine rings is 1. The highest BCUT2D eigenvalue weighted by Crippen LogP contribution is 2.20. The molecule has 0 spiro atoms. The molecule has 25 heavy (non-hydrogen) atoms. The van der Waals surface area contributed by atoms with Crippen LogP contribution in [0.15, 0.2) is 42.6 Å². The number of hydrogen-bond donors (Lipinski definition) is 0. The minimum atomic E-state index is -0.136. The molecule has 1 aliphatic heterocycles. The van der Waals surface area contributed by atoms with Gasteiger partial charge in [0.15, 0.2) is 0 Å². The van der Waals surface area contributed by atoms with Gasteiger partial charge in [-0.2, -0.15) is 0 Å². The topological polar surface area (TPSA) is 53.5 Å². The first kappa shape index (κ1) is 17.1. The number of hydrogen-bond acceptors (Lipinski definition) is 3. The quantitative estimate of drug-likeness (QED) is 0.862. The molecule has 1 aromatic carbocycles. The van der Waals surface area contributed by atoms with Gasteiger partial charge in [-0.05, 0) is 43.5 Å². The fourth-order valence-electron chi connectivity index (χ4n) is 3.20. The first-order valence-electron chi connectivity index (χ1n) is 8.75. The number of amides is 2. The highest BCUT2D eigenvalue weighted by Gasteiger charge is 2.23. The van der Waals surface area contributed by atoms with Crippen molar-refractivity contribution in [1.29, 1.82) is 0 Å². The van der Waals surface area contributed by atoms with Crippen molar-refractivity contribution < 1.29 is 9.59 Å². The van der Waals surface area contributed by atoms with Crippen LogP contribution in [0.25, 0.3) is 0 Å². The average molecular weight is 337 g/mol. The van der Waals surface area contributed by atoms with Gasteiger partial charge in [0.2, 0.25) is 0 Å². The van der Waals surface area contributed by atoms with Crippen LogP contribution in [0.3, 0.4) is 0 Å². The Hall–Kier alpha value is -2.69. The van der Waals surface area contributed by atoms with Crippen LogP contribution in [-0.2, 0) is 13.0 Å². The Balaban J connectivity index is 1.79. The van der Waals surface area contributed by atoms with Crippen LogP contribution in [0.2, 0.25) is 0 Å². The van der Waals surface area contributed by atoms with E-state index in [0.29, 0.717) is 37.4 Å². The molecule has 2 amide bonds. The van der Waals surface area contributed by atoms with Gasteiger partial charge in [0.05, 0.1) is 0 Å². The molecule has 130 valence electrons. The van der Waals surface area contributed by atoms with Gasteiger partial charge < -0.3 is 9.80 Å². The van der Waals surface area contributed by atoms with E-state index < -0.39 is 0 Å². The Labute approximate surface area is 148 Å². The van der Waals surface area contributed by atoms with Crippen molar-refractivity contribution in [1.82, 2.24) is 14.8 Å². The molecule has 0 atom stereocenters. The van der Waals surface area contributed by atoms with Gasteiger partial charge in [-0.1, -0.05) is 24.3 Å². The molecule has 0 N–H and O–H groups in total. The zero-order valence-electron chi connectivity index (χ0n) is 14.7. The van der Waals surface area contributed by atoms with Crippen molar-refractivity contribution in [3.8, 4) is 0 Å². The molecule has 1 aliphatic rings. The molecule has 3 rings (SSSR count). The minimum Gasteiger partial charge on any atom is -0.338 e. The number of aromatic nitrogens is 1. The molecule has 0 bridgehead atoms. The van der Waals surface area contributed by atoms with Crippen molar-refractivity contribution in [2.45, 2.75) is 26.8 Å². The van der Waals surface area contributed by atoms with E-state index in [1.807, 2.05) is 30.9 Å². The molecule has 2 aromatic rings. The summed E-state index contributed by atoms with van der Waals surface area (Å²) in [6, 6.07) is 11.5. The number of carbonyl (C=O) groups is 2. The number of benzene rings is 1. The highest BCUT2D eigenvalue weighted by atomic mass is 16.2. The van der Waals surface area contributed by atoms with Gasteiger partial charge in [0.25, 0.3) is 11.8 Å². The molecule has 5 heteroatoms. The van der Waals surface area contributed by atoms with E-state index >= 15 is 0 Å². The molecule has 0 saturated carbocycles. The van der Waals surface area contributed by atoms with Gasteiger partial charge in [0, 0.05) is 37.9 Å². The molecular formula is C20H23N3O2. The van der Waals surface area contributed by atoms with E-state index in [2.05, 4.69) is 17.1 Å². The van der Waals surface area contributed by atoms with Gasteiger partial charge >= 0.3 is 0 Å². The standard InChI is InChI=1S/C20H23N3O2/c1-3-22(4-2)20(25)18-13-16(9-11-21-18)19(24)23-12-10-15-7-5-6-8-17(15)14-23/h5-9,11,13H,3-4,10,12,14H2,1-2H3. The Bertz CT molecular complexity index is 784. The summed E-state index contributed by atoms with van der Waals surface area (Å²) in [4.78, 5) is 33.0. The SMILES string of the molecule is CCN(CC)C(=O)c1cc(C(=O)N2CCc3ccccc3C2)ccn1. The zero-order chi connectivity index (χ0) is 17.8. The fraction of sp³-hybridized carbons (Fsp3) is 0.350. The molecule has 0 radical (unpaired) electrons. The first-order valence-corrected chi connectivity index (χ1v) is 8.75. The highest BCUT2D eigenvalue weighted by molar-refractivity contribution is 5.98. The average Bonchev–Trinajstić information content (AvgIpc) is 2.68. The Kier molecular flexibility index (Phi) is 5.12. The number of rotatable bonds is 4. The van der Waals surface area contributed by atoms with Crippen molar-refractivity contribution in [2.75, 3.05) is 19.6 Å². The maximum absolute atomic E-state index is 12.9. The summed E-state index contributed by atoms with van der Waals surface area (Å²) >= 11 is 0. The Morgan fingerprint density at radius 1 is 1.12 bits per heavy atom. The van der Waals surface area contributed by atoms with Crippen molar-refractivity contribution in [3.05, 3.63) is 65.0 Å². The molecule has 0 saturated heterocycles. The summed E-state index contributed by atoms with van der Waals surface area (Å²) in [6.45, 7) is 6.41. The van der Waals surface area contributed by atoms with Crippen molar-refractivity contribution in [3.63, 3.8) is 0 Å². The van der Waals surface area contributed by atoms with E-state index in [0.717, 1.165) is 6.42 Å². The van der Waals surface area contributed by atoms with Crippen LogP contribution in [0, 0.1) is 0 Å². The van der Waals surface area contributed by atoms with Crippen LogP contribution in [0.5, 0.6) is 0 Å². The second-order valence-corrected chi connectivity index (χ2v) is 6.15. The summed E-state index contributed by atoms with van der Waals surface area (Å²) in [5.41, 5.74) is 3.34. The Morgan fingerprint density at radius 3 is 2.56 bits per heavy atom. The fourth-order valence-corrected chi connectivity index (χ4v) is 3.20. The monoisotopic (exact) mass is 337 g/mol. The normalized spacial score (nSPS) is 13.3. The molecule has 5 nitrogen and oxygen atoms in total. The second-order valence-electron chi connectivity index (χ2n) is 6.15. The lowest BCUT2D eigenvalue weighted by atomic mass is 9.99. The number of nitrogens with zero attached hydrogens (tertiary/aromatic N) is 3. The minimum absolute atomic E-state index is 0.0505. The number of carbonyl (C=O) groups excluding carboxylic acids is 2. The van der Waals surface area contributed by atoms with Crippen LogP contribution in [0.4, 0.5) is 0 Å². The van der Waals surface area contributed by atoms with Crippen LogP contribution in [-0.4, -0.2) is 46.2 Å². The van der Waals surface area contributed by atoms with Crippen LogP contribution in [0.1, 0.15) is 45.8 Å². The van der Waals surface area contributed by atoms with Crippen molar-refractivity contribution in [2.24, 2.45) is 0 Å². The van der Waals surface area contributed by atoms with E-state index in [-0.39, 0.29) is 11.8 Å². The van der Waals surface area contributed by atoms with Gasteiger partial charge in [-0.3, -0.25) is 14.6 Å². The third kappa shape index (κ3) is 3.55. The van der Waals surface area contributed by atoms with E-state index in [1.165, 1.54) is 11.1 Å². The van der Waals surface area contributed by atoms with Crippen LogP contribution < -0.4 is 0 Å². The van der Waals surface area contributed by atoms with Gasteiger partial charge in [0.1, 0.15) is 5.69 Å². The lowest BCUT2D eigenvalue weighted by molar-refractivity contribution is 0.0734. The maximum Gasteiger partial charge on any atom is 0.272 e. The molecule has 1 aromatic heterocycles. The van der Waals surface area contributed by atoms with Crippen molar-refractivity contribution >= 4 is 11.8 Å². The smallest absolute Gasteiger partial charge is 0.272 e. The summed E-state index contributed by atoms with van der Waals surface area (Å²) in [5, 5.41) is 0. The predicted octanol–water partition coefficient (Wildman–Crippen LogP) is 2.76. The summed E-state index contributed by atoms with van der Waals surface area (Å²) in [6.07, 6.45) is 2.40. The summed E-state index contributed by atoms with van der Waals surface area (Å²) in [7, 11) is 0. The second kappa shape index (κ2) is 7.47. The third-order valence-electron chi connectivity index (χ3n) is 4.69. The first-order chi connectivity index (χ1) is 12.1. The molecule has 0 aliphatic carbocycles. The lowest BCUT2D eigenvalue weighted by Crippen LogP contribution is -2.36. The van der Waals surface area contributed by atoms with E-state index in [1.54, 1.807) is 23.2 Å². The van der Waals surface area contributed by atoms with E-state index in [9.17, 15) is 9.59 Å². The molecule has 2 heterocycles. The number of fused-ring (bicyclic) bond motifs is 1. The predicted molar refractivity (Wildman–Crippen MR) is 96.4 cm³/mol. The lowest BCUT2D eigenvalue weighted by Gasteiger charge is -2.29. The summed E-state index contributed by atoms with van der Waals surface area (Å²) < 4.78 is 0. The molecule has 0 unspecified atom stereocenters. The van der Waals surface area contributed by atoms with Crippen LogP contribution >= 0.6 is 0 Å². The third-order valence-corrected chi connectivity index (χ3v) is 4.69. The molecular weight excluding hydrogens is 314 g/mol. The van der Waals surface area contributed by atoms with Gasteiger partial charge in [-0.25, -0.2) is 0 Å². The maximum atomic E-state index is 12.9. The largest absolute Gasteiger partial charge is 0.338 e.